The second-order valence-electron chi connectivity index (χ2n) is 5.69. The molecule has 1 saturated heterocycles. The smallest absolute Gasteiger partial charge is 0.248 e. The summed E-state index contributed by atoms with van der Waals surface area (Å²) in [6, 6.07) is 7.21. The van der Waals surface area contributed by atoms with Gasteiger partial charge in [0.1, 0.15) is 6.04 Å². The number of carbonyl (C=O) groups excluding carboxylic acids is 2. The van der Waals surface area contributed by atoms with Gasteiger partial charge in [0.15, 0.2) is 5.13 Å². The molecule has 1 N–H and O–H groups in total. The minimum atomic E-state index is -0.396. The Labute approximate surface area is 159 Å². The predicted octanol–water partition coefficient (Wildman–Crippen LogP) is 3.66. The number of carbonyl (C=O) groups is 2. The molecule has 1 aliphatic rings. The van der Waals surface area contributed by atoms with E-state index >= 15 is 0 Å². The molecule has 0 aliphatic carbocycles. The van der Waals surface area contributed by atoms with E-state index in [-0.39, 0.29) is 11.8 Å². The van der Waals surface area contributed by atoms with Crippen LogP contribution in [0.4, 0.5) is 5.13 Å². The lowest BCUT2D eigenvalue weighted by atomic mass is 10.2. The van der Waals surface area contributed by atoms with Crippen molar-refractivity contribution in [1.82, 2.24) is 9.88 Å². The number of anilines is 1. The minimum absolute atomic E-state index is 0.00996. The summed E-state index contributed by atoms with van der Waals surface area (Å²) in [5.41, 5.74) is 1.13. The quantitative estimate of drug-likeness (QED) is 0.810. The SMILES string of the molecule is O=C(Nc1nccs1)C1CCCN1C(=O)CSCc1ccc(Cl)cc1. The van der Waals surface area contributed by atoms with E-state index in [0.29, 0.717) is 28.9 Å². The summed E-state index contributed by atoms with van der Waals surface area (Å²) in [6.07, 6.45) is 3.19. The van der Waals surface area contributed by atoms with Crippen LogP contribution >= 0.6 is 34.7 Å². The van der Waals surface area contributed by atoms with Crippen molar-refractivity contribution in [2.24, 2.45) is 0 Å². The van der Waals surface area contributed by atoms with Crippen LogP contribution in [0.25, 0.3) is 0 Å². The predicted molar refractivity (Wildman–Crippen MR) is 103 cm³/mol. The number of rotatable bonds is 6. The maximum absolute atomic E-state index is 12.5. The molecule has 2 aromatic rings. The molecule has 0 spiro atoms. The van der Waals surface area contributed by atoms with Crippen LogP contribution in [0.3, 0.4) is 0 Å². The fraction of sp³-hybridized carbons (Fsp3) is 0.353. The van der Waals surface area contributed by atoms with Crippen molar-refractivity contribution in [2.45, 2.75) is 24.6 Å². The summed E-state index contributed by atoms with van der Waals surface area (Å²) in [7, 11) is 0. The molecule has 8 heteroatoms. The lowest BCUT2D eigenvalue weighted by Gasteiger charge is -2.23. The molecule has 2 amide bonds. The first kappa shape index (κ1) is 18.2. The van der Waals surface area contributed by atoms with Crippen LogP contribution in [-0.4, -0.2) is 40.0 Å². The molecule has 0 saturated carbocycles. The van der Waals surface area contributed by atoms with Gasteiger partial charge in [0.25, 0.3) is 0 Å². The van der Waals surface area contributed by atoms with Gasteiger partial charge in [-0.05, 0) is 30.5 Å². The van der Waals surface area contributed by atoms with Crippen LogP contribution in [0, 0.1) is 0 Å². The molecule has 1 aliphatic heterocycles. The zero-order valence-corrected chi connectivity index (χ0v) is 15.9. The van der Waals surface area contributed by atoms with Crippen molar-refractivity contribution < 1.29 is 9.59 Å². The van der Waals surface area contributed by atoms with Crippen molar-refractivity contribution in [2.75, 3.05) is 17.6 Å². The zero-order chi connectivity index (χ0) is 17.6. The highest BCUT2D eigenvalue weighted by Gasteiger charge is 2.34. The van der Waals surface area contributed by atoms with Gasteiger partial charge in [0.2, 0.25) is 11.8 Å². The highest BCUT2D eigenvalue weighted by molar-refractivity contribution is 7.99. The Bertz CT molecular complexity index is 722. The molecular weight excluding hydrogens is 378 g/mol. The average molecular weight is 396 g/mol. The first-order valence-electron chi connectivity index (χ1n) is 7.95. The molecule has 1 aromatic heterocycles. The molecule has 3 rings (SSSR count). The van der Waals surface area contributed by atoms with Crippen molar-refractivity contribution in [1.29, 1.82) is 0 Å². The Hall–Kier alpha value is -1.57. The third kappa shape index (κ3) is 4.96. The lowest BCUT2D eigenvalue weighted by Crippen LogP contribution is -2.43. The normalized spacial score (nSPS) is 16.8. The van der Waals surface area contributed by atoms with Gasteiger partial charge in [-0.15, -0.1) is 23.1 Å². The topological polar surface area (TPSA) is 62.3 Å². The monoisotopic (exact) mass is 395 g/mol. The van der Waals surface area contributed by atoms with Gasteiger partial charge in [0.05, 0.1) is 5.75 Å². The Morgan fingerprint density at radius 3 is 2.88 bits per heavy atom. The van der Waals surface area contributed by atoms with E-state index < -0.39 is 6.04 Å². The summed E-state index contributed by atoms with van der Waals surface area (Å²) in [6.45, 7) is 0.635. The van der Waals surface area contributed by atoms with E-state index in [1.807, 2.05) is 24.3 Å². The molecule has 0 radical (unpaired) electrons. The van der Waals surface area contributed by atoms with Crippen molar-refractivity contribution in [3.63, 3.8) is 0 Å². The van der Waals surface area contributed by atoms with Crippen LogP contribution in [0.5, 0.6) is 0 Å². The summed E-state index contributed by atoms with van der Waals surface area (Å²) in [5, 5.41) is 5.87. The van der Waals surface area contributed by atoms with Gasteiger partial charge in [-0.2, -0.15) is 0 Å². The van der Waals surface area contributed by atoms with Crippen LogP contribution < -0.4 is 5.32 Å². The maximum Gasteiger partial charge on any atom is 0.248 e. The highest BCUT2D eigenvalue weighted by atomic mass is 35.5. The summed E-state index contributed by atoms with van der Waals surface area (Å²) in [5.74, 6) is 0.968. The third-order valence-corrected chi connectivity index (χ3v) is 5.87. The van der Waals surface area contributed by atoms with E-state index in [0.717, 1.165) is 17.7 Å². The number of hydrogen-bond donors (Lipinski definition) is 1. The third-order valence-electron chi connectivity index (χ3n) is 3.95. The van der Waals surface area contributed by atoms with Gasteiger partial charge < -0.3 is 10.2 Å². The largest absolute Gasteiger partial charge is 0.330 e. The molecule has 2 heterocycles. The van der Waals surface area contributed by atoms with Crippen molar-refractivity contribution in [3.8, 4) is 0 Å². The molecule has 0 bridgehead atoms. The fourth-order valence-electron chi connectivity index (χ4n) is 2.73. The Balaban J connectivity index is 1.50. The van der Waals surface area contributed by atoms with Gasteiger partial charge >= 0.3 is 0 Å². The first-order valence-corrected chi connectivity index (χ1v) is 10.4. The summed E-state index contributed by atoms with van der Waals surface area (Å²) in [4.78, 5) is 30.6. The molecule has 1 unspecified atom stereocenters. The van der Waals surface area contributed by atoms with Crippen molar-refractivity contribution in [3.05, 3.63) is 46.4 Å². The standard InChI is InChI=1S/C17H18ClN3O2S2/c18-13-5-3-12(4-6-13)10-24-11-15(22)21-8-1-2-14(21)16(23)20-17-19-7-9-25-17/h3-7,9,14H,1-2,8,10-11H2,(H,19,20,23). The number of aromatic nitrogens is 1. The number of halogens is 1. The van der Waals surface area contributed by atoms with Gasteiger partial charge in [-0.25, -0.2) is 4.98 Å². The molecule has 25 heavy (non-hydrogen) atoms. The van der Waals surface area contributed by atoms with E-state index in [2.05, 4.69) is 10.3 Å². The Morgan fingerprint density at radius 2 is 2.16 bits per heavy atom. The van der Waals surface area contributed by atoms with Crippen LogP contribution in [-0.2, 0) is 15.3 Å². The number of thioether (sulfide) groups is 1. The number of likely N-dealkylation sites (tertiary alicyclic amines) is 1. The van der Waals surface area contributed by atoms with Crippen LogP contribution in [0.15, 0.2) is 35.8 Å². The zero-order valence-electron chi connectivity index (χ0n) is 13.5. The molecule has 1 atom stereocenters. The number of thiazole rings is 1. The highest BCUT2D eigenvalue weighted by Crippen LogP contribution is 2.22. The Morgan fingerprint density at radius 1 is 1.36 bits per heavy atom. The molecule has 1 fully saturated rings. The number of nitrogens with one attached hydrogen (secondary N) is 1. The summed E-state index contributed by atoms with van der Waals surface area (Å²) >= 11 is 8.79. The van der Waals surface area contributed by atoms with E-state index in [9.17, 15) is 9.59 Å². The summed E-state index contributed by atoms with van der Waals surface area (Å²) < 4.78 is 0. The first-order chi connectivity index (χ1) is 12.1. The lowest BCUT2D eigenvalue weighted by molar-refractivity contribution is -0.134. The fourth-order valence-corrected chi connectivity index (χ4v) is 4.26. The minimum Gasteiger partial charge on any atom is -0.330 e. The van der Waals surface area contributed by atoms with E-state index in [1.54, 1.807) is 28.2 Å². The van der Waals surface area contributed by atoms with Crippen LogP contribution in [0.1, 0.15) is 18.4 Å². The molecule has 132 valence electrons. The van der Waals surface area contributed by atoms with Crippen LogP contribution in [0.2, 0.25) is 5.02 Å². The average Bonchev–Trinajstić information content (AvgIpc) is 3.27. The number of nitrogens with zero attached hydrogens (tertiary/aromatic N) is 2. The van der Waals surface area contributed by atoms with Gasteiger partial charge in [-0.1, -0.05) is 23.7 Å². The number of benzene rings is 1. The molecule has 1 aromatic carbocycles. The number of amides is 2. The maximum atomic E-state index is 12.5. The molecular formula is C17H18ClN3O2S2. The van der Waals surface area contributed by atoms with Gasteiger partial charge in [-0.3, -0.25) is 9.59 Å². The second kappa shape index (κ2) is 8.69. The van der Waals surface area contributed by atoms with Crippen molar-refractivity contribution >= 4 is 51.6 Å². The Kier molecular flexibility index (Phi) is 6.34. The van der Waals surface area contributed by atoms with Gasteiger partial charge in [0, 0.05) is 28.9 Å². The number of hydrogen-bond acceptors (Lipinski definition) is 5. The second-order valence-corrected chi connectivity index (χ2v) is 8.01. The molecule has 5 nitrogen and oxygen atoms in total. The van der Waals surface area contributed by atoms with E-state index in [1.165, 1.54) is 11.3 Å². The van der Waals surface area contributed by atoms with E-state index in [4.69, 9.17) is 11.6 Å².